The largest absolute Gasteiger partial charge is 0.355 e. The fourth-order valence-electron chi connectivity index (χ4n) is 2.65. The number of halogens is 1. The van der Waals surface area contributed by atoms with Crippen LogP contribution in [0.4, 0.5) is 0 Å². The van der Waals surface area contributed by atoms with Gasteiger partial charge in [-0.2, -0.15) is 0 Å². The molecule has 3 nitrogen and oxygen atoms in total. The van der Waals surface area contributed by atoms with Gasteiger partial charge in [-0.3, -0.25) is 4.99 Å². The summed E-state index contributed by atoms with van der Waals surface area (Å²) in [4.78, 5) is 6.30. The highest BCUT2D eigenvalue weighted by Gasteiger charge is 2.38. The monoisotopic (exact) mass is 373 g/mol. The van der Waals surface area contributed by atoms with Gasteiger partial charge in [-0.05, 0) is 18.4 Å². The van der Waals surface area contributed by atoms with Gasteiger partial charge >= 0.3 is 0 Å². The SMILES string of the molecule is CN=C(NCC1(c2ccccc2)CCC1)N(C)C.I. The lowest BCUT2D eigenvalue weighted by Crippen LogP contribution is -2.48. The first-order valence-electron chi connectivity index (χ1n) is 6.61. The lowest BCUT2D eigenvalue weighted by molar-refractivity contribution is 0.242. The number of benzene rings is 1. The smallest absolute Gasteiger partial charge is 0.193 e. The van der Waals surface area contributed by atoms with E-state index in [1.165, 1.54) is 24.8 Å². The van der Waals surface area contributed by atoms with Crippen LogP contribution in [0.15, 0.2) is 35.3 Å². The molecule has 1 aliphatic rings. The number of nitrogens with zero attached hydrogens (tertiary/aromatic N) is 2. The molecule has 1 aliphatic carbocycles. The molecule has 0 bridgehead atoms. The molecule has 0 heterocycles. The van der Waals surface area contributed by atoms with Crippen molar-refractivity contribution in [2.75, 3.05) is 27.7 Å². The van der Waals surface area contributed by atoms with Crippen LogP contribution in [0.2, 0.25) is 0 Å². The van der Waals surface area contributed by atoms with E-state index in [9.17, 15) is 0 Å². The van der Waals surface area contributed by atoms with Crippen molar-refractivity contribution in [3.63, 3.8) is 0 Å². The number of guanidine groups is 1. The van der Waals surface area contributed by atoms with Crippen LogP contribution in [-0.2, 0) is 5.41 Å². The van der Waals surface area contributed by atoms with E-state index in [0.29, 0.717) is 5.41 Å². The van der Waals surface area contributed by atoms with Crippen LogP contribution in [0.3, 0.4) is 0 Å². The van der Waals surface area contributed by atoms with Crippen molar-refractivity contribution in [1.29, 1.82) is 0 Å². The minimum absolute atomic E-state index is 0. The molecule has 1 saturated carbocycles. The van der Waals surface area contributed by atoms with E-state index >= 15 is 0 Å². The standard InChI is InChI=1S/C15H23N3.HI/c1-16-14(18(2)3)17-12-15(10-7-11-15)13-8-5-4-6-9-13;/h4-6,8-9H,7,10-12H2,1-3H3,(H,16,17);1H. The molecule has 1 fully saturated rings. The number of aliphatic imine (C=N–C) groups is 1. The highest BCUT2D eigenvalue weighted by Crippen LogP contribution is 2.43. The quantitative estimate of drug-likeness (QED) is 0.501. The molecule has 1 aromatic carbocycles. The Morgan fingerprint density at radius 1 is 1.26 bits per heavy atom. The number of hydrogen-bond donors (Lipinski definition) is 1. The summed E-state index contributed by atoms with van der Waals surface area (Å²) in [5, 5.41) is 3.49. The van der Waals surface area contributed by atoms with E-state index < -0.39 is 0 Å². The summed E-state index contributed by atoms with van der Waals surface area (Å²) in [5.74, 6) is 0.956. The van der Waals surface area contributed by atoms with Gasteiger partial charge in [-0.1, -0.05) is 36.8 Å². The van der Waals surface area contributed by atoms with Gasteiger partial charge in [0, 0.05) is 33.1 Å². The molecular formula is C15H24IN3. The second-order valence-electron chi connectivity index (χ2n) is 5.30. The molecule has 0 aliphatic heterocycles. The average Bonchev–Trinajstić information content (AvgIpc) is 2.33. The van der Waals surface area contributed by atoms with Gasteiger partial charge in [-0.15, -0.1) is 24.0 Å². The maximum Gasteiger partial charge on any atom is 0.193 e. The molecule has 0 amide bonds. The fourth-order valence-corrected chi connectivity index (χ4v) is 2.65. The van der Waals surface area contributed by atoms with Crippen LogP contribution in [0.1, 0.15) is 24.8 Å². The van der Waals surface area contributed by atoms with Crippen LogP contribution >= 0.6 is 24.0 Å². The molecule has 106 valence electrons. The van der Waals surface area contributed by atoms with Crippen molar-refractivity contribution in [3.8, 4) is 0 Å². The molecule has 0 radical (unpaired) electrons. The zero-order valence-electron chi connectivity index (χ0n) is 12.0. The third-order valence-electron chi connectivity index (χ3n) is 3.92. The summed E-state index contributed by atoms with van der Waals surface area (Å²) in [6.45, 7) is 0.974. The van der Waals surface area contributed by atoms with Gasteiger partial charge in [0.15, 0.2) is 5.96 Å². The number of hydrogen-bond acceptors (Lipinski definition) is 1. The third-order valence-corrected chi connectivity index (χ3v) is 3.92. The van der Waals surface area contributed by atoms with E-state index in [1.54, 1.807) is 0 Å². The normalized spacial score (nSPS) is 17.1. The Morgan fingerprint density at radius 2 is 1.89 bits per heavy atom. The molecule has 0 aromatic heterocycles. The summed E-state index contributed by atoms with van der Waals surface area (Å²) in [6.07, 6.45) is 3.88. The summed E-state index contributed by atoms with van der Waals surface area (Å²) in [6, 6.07) is 10.9. The van der Waals surface area contributed by atoms with E-state index in [4.69, 9.17) is 0 Å². The van der Waals surface area contributed by atoms with Crippen LogP contribution in [-0.4, -0.2) is 38.5 Å². The van der Waals surface area contributed by atoms with Crippen molar-refractivity contribution >= 4 is 29.9 Å². The highest BCUT2D eigenvalue weighted by molar-refractivity contribution is 14.0. The fraction of sp³-hybridized carbons (Fsp3) is 0.533. The molecule has 1 aromatic rings. The molecule has 0 saturated heterocycles. The van der Waals surface area contributed by atoms with E-state index in [0.717, 1.165) is 12.5 Å². The molecule has 19 heavy (non-hydrogen) atoms. The molecule has 0 atom stereocenters. The summed E-state index contributed by atoms with van der Waals surface area (Å²) in [5.41, 5.74) is 1.77. The van der Waals surface area contributed by atoms with Gasteiger partial charge in [0.2, 0.25) is 0 Å². The highest BCUT2D eigenvalue weighted by atomic mass is 127. The van der Waals surface area contributed by atoms with Crippen molar-refractivity contribution < 1.29 is 0 Å². The van der Waals surface area contributed by atoms with E-state index in [1.807, 2.05) is 26.0 Å². The van der Waals surface area contributed by atoms with Crippen molar-refractivity contribution in [2.24, 2.45) is 4.99 Å². The van der Waals surface area contributed by atoms with Crippen LogP contribution in [0.25, 0.3) is 0 Å². The molecule has 0 spiro atoms. The second kappa shape index (κ2) is 7.12. The maximum atomic E-state index is 4.27. The lowest BCUT2D eigenvalue weighted by Gasteiger charge is -2.43. The lowest BCUT2D eigenvalue weighted by atomic mass is 9.64. The Morgan fingerprint density at radius 3 is 2.32 bits per heavy atom. The Kier molecular flexibility index (Phi) is 6.10. The molecular weight excluding hydrogens is 349 g/mol. The first-order chi connectivity index (χ1) is 8.68. The van der Waals surface area contributed by atoms with Gasteiger partial charge < -0.3 is 10.2 Å². The predicted molar refractivity (Wildman–Crippen MR) is 92.4 cm³/mol. The number of rotatable bonds is 3. The van der Waals surface area contributed by atoms with Crippen molar-refractivity contribution in [2.45, 2.75) is 24.7 Å². The first kappa shape index (κ1) is 16.3. The Bertz CT molecular complexity index is 411. The minimum atomic E-state index is 0. The van der Waals surface area contributed by atoms with Crippen LogP contribution in [0.5, 0.6) is 0 Å². The zero-order valence-corrected chi connectivity index (χ0v) is 14.3. The van der Waals surface area contributed by atoms with Crippen LogP contribution in [0, 0.1) is 0 Å². The number of nitrogens with one attached hydrogen (secondary N) is 1. The molecule has 2 rings (SSSR count). The summed E-state index contributed by atoms with van der Waals surface area (Å²) >= 11 is 0. The first-order valence-corrected chi connectivity index (χ1v) is 6.61. The summed E-state index contributed by atoms with van der Waals surface area (Å²) in [7, 11) is 5.87. The summed E-state index contributed by atoms with van der Waals surface area (Å²) < 4.78 is 0. The Hall–Kier alpha value is -0.780. The van der Waals surface area contributed by atoms with Crippen LogP contribution < -0.4 is 5.32 Å². The average molecular weight is 373 g/mol. The van der Waals surface area contributed by atoms with Crippen molar-refractivity contribution in [3.05, 3.63) is 35.9 Å². The van der Waals surface area contributed by atoms with E-state index in [-0.39, 0.29) is 24.0 Å². The molecule has 0 unspecified atom stereocenters. The predicted octanol–water partition coefficient (Wildman–Crippen LogP) is 2.86. The van der Waals surface area contributed by atoms with Gasteiger partial charge in [0.25, 0.3) is 0 Å². The van der Waals surface area contributed by atoms with E-state index in [2.05, 4.69) is 40.6 Å². The second-order valence-corrected chi connectivity index (χ2v) is 5.30. The van der Waals surface area contributed by atoms with Crippen molar-refractivity contribution in [1.82, 2.24) is 10.2 Å². The minimum Gasteiger partial charge on any atom is -0.355 e. The molecule has 4 heteroatoms. The Labute approximate surface area is 133 Å². The van der Waals surface area contributed by atoms with Gasteiger partial charge in [0.1, 0.15) is 0 Å². The van der Waals surface area contributed by atoms with Gasteiger partial charge in [0.05, 0.1) is 0 Å². The molecule has 1 N–H and O–H groups in total. The maximum absolute atomic E-state index is 4.27. The zero-order chi connectivity index (χ0) is 13.0. The topological polar surface area (TPSA) is 27.6 Å². The third kappa shape index (κ3) is 3.61. The Balaban J connectivity index is 0.00000180. The van der Waals surface area contributed by atoms with Gasteiger partial charge in [-0.25, -0.2) is 0 Å².